The second-order valence-electron chi connectivity index (χ2n) is 7.54. The van der Waals surface area contributed by atoms with Crippen molar-refractivity contribution in [2.45, 2.75) is 77.0 Å². The predicted molar refractivity (Wildman–Crippen MR) is 108 cm³/mol. The molecule has 7 heteroatoms. The first kappa shape index (κ1) is 21.9. The molecule has 3 N–H and O–H groups in total. The third-order valence-corrected chi connectivity index (χ3v) is 4.78. The van der Waals surface area contributed by atoms with Crippen LogP contribution in [0.3, 0.4) is 0 Å². The van der Waals surface area contributed by atoms with Crippen molar-refractivity contribution in [3.8, 4) is 0 Å². The van der Waals surface area contributed by atoms with E-state index in [1.54, 1.807) is 0 Å². The molecule has 1 amide bonds. The highest BCUT2D eigenvalue weighted by atomic mass is 32.2. The molecular formula is C18H36N4O2S. The molecule has 0 bridgehead atoms. The van der Waals surface area contributed by atoms with E-state index >= 15 is 0 Å². The van der Waals surface area contributed by atoms with Crippen molar-refractivity contribution >= 4 is 23.8 Å². The number of carbonyl (C=O) groups excluding carboxylic acids is 1. The number of hydrogen-bond donors (Lipinski definition) is 3. The van der Waals surface area contributed by atoms with Crippen LogP contribution < -0.4 is 16.0 Å². The van der Waals surface area contributed by atoms with Gasteiger partial charge in [0.15, 0.2) is 5.96 Å². The molecule has 0 unspecified atom stereocenters. The van der Waals surface area contributed by atoms with Gasteiger partial charge in [-0.1, -0.05) is 0 Å². The number of thioether (sulfide) groups is 1. The number of aliphatic imine (C=N–C) groups is 1. The average Bonchev–Trinajstić information content (AvgIpc) is 2.53. The lowest BCUT2D eigenvalue weighted by Gasteiger charge is -2.31. The molecule has 0 aromatic heterocycles. The lowest BCUT2D eigenvalue weighted by Crippen LogP contribution is -2.48. The Balaban J connectivity index is 2.23. The summed E-state index contributed by atoms with van der Waals surface area (Å²) in [6.07, 6.45) is 8.18. The minimum absolute atomic E-state index is 0.203. The number of carbonyl (C=O) groups is 1. The lowest BCUT2D eigenvalue weighted by atomic mass is 9.91. The maximum atomic E-state index is 11.8. The van der Waals surface area contributed by atoms with Gasteiger partial charge in [0.05, 0.1) is 0 Å². The molecule has 0 aromatic rings. The highest BCUT2D eigenvalue weighted by Crippen LogP contribution is 2.19. The van der Waals surface area contributed by atoms with E-state index in [0.29, 0.717) is 6.04 Å². The molecule has 6 nitrogen and oxygen atoms in total. The van der Waals surface area contributed by atoms with E-state index in [2.05, 4.69) is 27.2 Å². The zero-order valence-electron chi connectivity index (χ0n) is 16.5. The summed E-state index contributed by atoms with van der Waals surface area (Å²) in [4.78, 5) is 16.2. The highest BCUT2D eigenvalue weighted by molar-refractivity contribution is 7.98. The smallest absolute Gasteiger partial charge is 0.407 e. The average molecular weight is 373 g/mol. The van der Waals surface area contributed by atoms with Crippen molar-refractivity contribution < 1.29 is 9.53 Å². The number of hydrogen-bond acceptors (Lipinski definition) is 4. The number of unbranched alkanes of at least 4 members (excludes halogenated alkanes) is 1. The van der Waals surface area contributed by atoms with Gasteiger partial charge in [0.25, 0.3) is 0 Å². The molecule has 0 atom stereocenters. The van der Waals surface area contributed by atoms with Gasteiger partial charge in [-0.25, -0.2) is 4.79 Å². The van der Waals surface area contributed by atoms with Crippen LogP contribution in [0.2, 0.25) is 0 Å². The zero-order chi connectivity index (χ0) is 18.7. The Bertz CT molecular complexity index is 416. The van der Waals surface area contributed by atoms with Crippen molar-refractivity contribution in [2.24, 2.45) is 4.99 Å². The van der Waals surface area contributed by atoms with Gasteiger partial charge >= 0.3 is 6.09 Å². The Kier molecular flexibility index (Phi) is 10.1. The molecule has 0 heterocycles. The quantitative estimate of drug-likeness (QED) is 0.364. The molecule has 0 saturated heterocycles. The van der Waals surface area contributed by atoms with Crippen LogP contribution >= 0.6 is 11.8 Å². The van der Waals surface area contributed by atoms with Crippen molar-refractivity contribution in [1.82, 2.24) is 16.0 Å². The molecule has 1 aliphatic rings. The van der Waals surface area contributed by atoms with Gasteiger partial charge in [-0.2, -0.15) is 11.8 Å². The number of amides is 1. The number of rotatable bonds is 7. The number of ether oxygens (including phenoxy) is 1. The summed E-state index contributed by atoms with van der Waals surface area (Å²) in [5, 5.41) is 9.86. The molecule has 0 spiro atoms. The molecule has 1 aliphatic carbocycles. The van der Waals surface area contributed by atoms with Gasteiger partial charge in [-0.05, 0) is 71.3 Å². The van der Waals surface area contributed by atoms with E-state index in [9.17, 15) is 4.79 Å². The summed E-state index contributed by atoms with van der Waals surface area (Å²) in [5.41, 5.74) is -0.448. The van der Waals surface area contributed by atoms with Gasteiger partial charge in [-0.3, -0.25) is 4.99 Å². The first-order valence-corrected chi connectivity index (χ1v) is 10.7. The minimum atomic E-state index is -0.448. The number of nitrogens with zero attached hydrogens (tertiary/aromatic N) is 1. The second-order valence-corrected chi connectivity index (χ2v) is 8.52. The summed E-state index contributed by atoms with van der Waals surface area (Å²) in [7, 11) is 1.81. The fourth-order valence-corrected chi connectivity index (χ4v) is 3.32. The Hall–Kier alpha value is -1.11. The standard InChI is InChI=1S/C18H36N4O2S/c1-18(2,3)24-17(23)22-15-10-8-14(9-11-15)21-16(19-4)20-12-6-7-13-25-5/h14-15H,6-13H2,1-5H3,(H,22,23)(H2,19,20,21). The van der Waals surface area contributed by atoms with E-state index in [4.69, 9.17) is 4.74 Å². The predicted octanol–water partition coefficient (Wildman–Crippen LogP) is 3.13. The van der Waals surface area contributed by atoms with Gasteiger partial charge in [0.2, 0.25) is 0 Å². The number of nitrogens with one attached hydrogen (secondary N) is 3. The van der Waals surface area contributed by atoms with Crippen molar-refractivity contribution in [2.75, 3.05) is 25.6 Å². The van der Waals surface area contributed by atoms with Crippen LogP contribution in [-0.4, -0.2) is 55.3 Å². The highest BCUT2D eigenvalue weighted by Gasteiger charge is 2.25. The fourth-order valence-electron chi connectivity index (χ4n) is 2.82. The summed E-state index contributed by atoms with van der Waals surface area (Å²) in [6, 6.07) is 0.614. The maximum Gasteiger partial charge on any atom is 0.407 e. The van der Waals surface area contributed by atoms with Gasteiger partial charge < -0.3 is 20.7 Å². The van der Waals surface area contributed by atoms with Crippen molar-refractivity contribution in [3.05, 3.63) is 0 Å². The molecule has 1 saturated carbocycles. The lowest BCUT2D eigenvalue weighted by molar-refractivity contribution is 0.0490. The molecule has 146 valence electrons. The Morgan fingerprint density at radius 3 is 2.24 bits per heavy atom. The molecule has 0 aromatic carbocycles. The van der Waals surface area contributed by atoms with Crippen LogP contribution in [0, 0.1) is 0 Å². The van der Waals surface area contributed by atoms with E-state index in [0.717, 1.165) is 44.6 Å². The third kappa shape index (κ3) is 10.5. The summed E-state index contributed by atoms with van der Waals surface area (Å²) >= 11 is 1.89. The van der Waals surface area contributed by atoms with Gasteiger partial charge in [0.1, 0.15) is 5.60 Å². The fraction of sp³-hybridized carbons (Fsp3) is 0.889. The Morgan fingerprint density at radius 1 is 1.12 bits per heavy atom. The second kappa shape index (κ2) is 11.5. The van der Waals surface area contributed by atoms with Crippen LogP contribution in [0.15, 0.2) is 4.99 Å². The van der Waals surface area contributed by atoms with Crippen LogP contribution in [0.25, 0.3) is 0 Å². The molecule has 0 aliphatic heterocycles. The normalized spacial score (nSPS) is 21.6. The topological polar surface area (TPSA) is 74.8 Å². The monoisotopic (exact) mass is 372 g/mol. The Morgan fingerprint density at radius 2 is 1.72 bits per heavy atom. The van der Waals surface area contributed by atoms with E-state index in [-0.39, 0.29) is 12.1 Å². The molecule has 25 heavy (non-hydrogen) atoms. The first-order valence-electron chi connectivity index (χ1n) is 9.29. The van der Waals surface area contributed by atoms with Crippen molar-refractivity contribution in [1.29, 1.82) is 0 Å². The summed E-state index contributed by atoms with van der Waals surface area (Å²) in [5.74, 6) is 2.09. The SMILES string of the molecule is CN=C(NCCCCSC)NC1CCC(NC(=O)OC(C)(C)C)CC1. The summed E-state index contributed by atoms with van der Waals surface area (Å²) in [6.45, 7) is 6.60. The number of alkyl carbamates (subject to hydrolysis) is 1. The maximum absolute atomic E-state index is 11.8. The van der Waals surface area contributed by atoms with E-state index in [1.807, 2.05) is 39.6 Å². The van der Waals surface area contributed by atoms with Crippen LogP contribution in [0.1, 0.15) is 59.3 Å². The molecule has 1 rings (SSSR count). The Labute approximate surface area is 157 Å². The molecule has 1 fully saturated rings. The van der Waals surface area contributed by atoms with Crippen LogP contribution in [0.4, 0.5) is 4.79 Å². The van der Waals surface area contributed by atoms with E-state index < -0.39 is 5.60 Å². The van der Waals surface area contributed by atoms with Crippen molar-refractivity contribution in [3.63, 3.8) is 0 Å². The minimum Gasteiger partial charge on any atom is -0.444 e. The van der Waals surface area contributed by atoms with Crippen LogP contribution in [0.5, 0.6) is 0 Å². The number of guanidine groups is 1. The summed E-state index contributed by atoms with van der Waals surface area (Å²) < 4.78 is 5.33. The van der Waals surface area contributed by atoms with Gasteiger partial charge in [-0.15, -0.1) is 0 Å². The zero-order valence-corrected chi connectivity index (χ0v) is 17.3. The van der Waals surface area contributed by atoms with Gasteiger partial charge in [0, 0.05) is 25.7 Å². The largest absolute Gasteiger partial charge is 0.444 e. The third-order valence-electron chi connectivity index (χ3n) is 4.08. The molecular weight excluding hydrogens is 336 g/mol. The van der Waals surface area contributed by atoms with Crippen LogP contribution in [-0.2, 0) is 4.74 Å². The molecule has 0 radical (unpaired) electrons. The van der Waals surface area contributed by atoms with E-state index in [1.165, 1.54) is 12.2 Å². The first-order chi connectivity index (χ1) is 11.8.